The molecule has 2 heterocycles. The summed E-state index contributed by atoms with van der Waals surface area (Å²) in [5.41, 5.74) is 0.809. The van der Waals surface area contributed by atoms with Gasteiger partial charge >= 0.3 is 0 Å². The number of nitrogens with one attached hydrogen (secondary N) is 3. The van der Waals surface area contributed by atoms with E-state index >= 15 is 0 Å². The monoisotopic (exact) mass is 326 g/mol. The van der Waals surface area contributed by atoms with Gasteiger partial charge in [-0.2, -0.15) is 5.10 Å². The van der Waals surface area contributed by atoms with Crippen molar-refractivity contribution in [2.45, 2.75) is 36.1 Å². The molecule has 3 rings (SSSR count). The Labute approximate surface area is 128 Å². The first-order chi connectivity index (χ1) is 10.1. The number of sulfonamides is 1. The molecule has 1 fully saturated rings. The molecule has 1 aliphatic carbocycles. The fourth-order valence-electron chi connectivity index (χ4n) is 1.95. The second-order valence-electron chi connectivity index (χ2n) is 5.13. The Balaban J connectivity index is 1.55. The molecule has 1 saturated carbocycles. The summed E-state index contributed by atoms with van der Waals surface area (Å²) in [4.78, 5) is 1.09. The van der Waals surface area contributed by atoms with E-state index in [0.717, 1.165) is 23.4 Å². The maximum absolute atomic E-state index is 12.2. The lowest BCUT2D eigenvalue weighted by molar-refractivity contribution is 0.583. The zero-order valence-electron chi connectivity index (χ0n) is 11.5. The first-order valence-corrected chi connectivity index (χ1v) is 9.23. The van der Waals surface area contributed by atoms with Gasteiger partial charge in [-0.05, 0) is 31.4 Å². The second-order valence-corrected chi connectivity index (χ2v) is 8.29. The Morgan fingerprint density at radius 1 is 1.38 bits per heavy atom. The van der Waals surface area contributed by atoms with Crippen molar-refractivity contribution in [3.05, 3.63) is 35.0 Å². The predicted molar refractivity (Wildman–Crippen MR) is 81.7 cm³/mol. The number of aromatic nitrogens is 2. The minimum atomic E-state index is -3.44. The highest BCUT2D eigenvalue weighted by Gasteiger charge is 2.20. The van der Waals surface area contributed by atoms with Crippen LogP contribution in [0.3, 0.4) is 0 Å². The highest BCUT2D eigenvalue weighted by molar-refractivity contribution is 7.91. The molecule has 0 bridgehead atoms. The maximum Gasteiger partial charge on any atom is 0.250 e. The second kappa shape index (κ2) is 6.27. The minimum absolute atomic E-state index is 0.245. The van der Waals surface area contributed by atoms with Gasteiger partial charge in [-0.1, -0.05) is 0 Å². The normalized spacial score (nSPS) is 15.4. The van der Waals surface area contributed by atoms with Crippen LogP contribution in [0.15, 0.2) is 28.7 Å². The number of aromatic amines is 1. The van der Waals surface area contributed by atoms with Gasteiger partial charge in [0.1, 0.15) is 4.21 Å². The molecule has 0 aromatic carbocycles. The molecule has 0 spiro atoms. The van der Waals surface area contributed by atoms with Crippen LogP contribution in [0.1, 0.15) is 23.3 Å². The molecule has 3 N–H and O–H groups in total. The Hall–Kier alpha value is -1.22. The molecule has 0 unspecified atom stereocenters. The van der Waals surface area contributed by atoms with Crippen molar-refractivity contribution in [3.8, 4) is 0 Å². The summed E-state index contributed by atoms with van der Waals surface area (Å²) >= 11 is 1.34. The van der Waals surface area contributed by atoms with Gasteiger partial charge in [0.25, 0.3) is 0 Å². The third kappa shape index (κ3) is 4.13. The van der Waals surface area contributed by atoms with Gasteiger partial charge in [-0.25, -0.2) is 13.1 Å². The molecule has 6 nitrogen and oxygen atoms in total. The molecule has 0 amide bonds. The summed E-state index contributed by atoms with van der Waals surface area (Å²) in [6.07, 6.45) is 6.68. The van der Waals surface area contributed by atoms with E-state index in [4.69, 9.17) is 0 Å². The fraction of sp³-hybridized carbons (Fsp3) is 0.462. The first-order valence-electron chi connectivity index (χ1n) is 6.93. The van der Waals surface area contributed by atoms with Crippen molar-refractivity contribution >= 4 is 21.4 Å². The smallest absolute Gasteiger partial charge is 0.250 e. The van der Waals surface area contributed by atoms with Crippen LogP contribution >= 0.6 is 11.3 Å². The van der Waals surface area contributed by atoms with E-state index in [1.54, 1.807) is 18.5 Å². The molecule has 1 aliphatic rings. The SMILES string of the molecule is O=S(=O)(NCc1cn[nH]c1)c1ccc(CCNC2CC2)s1. The average molecular weight is 326 g/mol. The highest BCUT2D eigenvalue weighted by Crippen LogP contribution is 2.23. The molecule has 2 aromatic heterocycles. The topological polar surface area (TPSA) is 86.9 Å². The minimum Gasteiger partial charge on any atom is -0.314 e. The third-order valence-corrected chi connectivity index (χ3v) is 6.34. The Morgan fingerprint density at radius 3 is 2.95 bits per heavy atom. The molecular formula is C13H18N4O2S2. The number of H-pyrrole nitrogens is 1. The quantitative estimate of drug-likeness (QED) is 0.681. The third-order valence-electron chi connectivity index (χ3n) is 3.30. The van der Waals surface area contributed by atoms with Gasteiger partial charge in [0.2, 0.25) is 10.0 Å². The van der Waals surface area contributed by atoms with Gasteiger partial charge in [-0.15, -0.1) is 11.3 Å². The van der Waals surface area contributed by atoms with Crippen LogP contribution < -0.4 is 10.0 Å². The molecule has 0 radical (unpaired) electrons. The van der Waals surface area contributed by atoms with E-state index in [1.165, 1.54) is 24.2 Å². The Morgan fingerprint density at radius 2 is 2.24 bits per heavy atom. The van der Waals surface area contributed by atoms with Crippen LogP contribution in [0.4, 0.5) is 0 Å². The standard InChI is InChI=1S/C13H18N4O2S2/c18-21(19,17-9-10-7-15-16-8-10)13-4-3-12(20-13)5-6-14-11-1-2-11/h3-4,7-8,11,14,17H,1-2,5-6,9H2,(H,15,16). The zero-order chi connectivity index (χ0) is 14.7. The molecule has 0 aliphatic heterocycles. The molecule has 2 aromatic rings. The number of thiophene rings is 1. The van der Waals surface area contributed by atoms with Crippen LogP contribution in [-0.4, -0.2) is 31.2 Å². The molecule has 0 saturated heterocycles. The van der Waals surface area contributed by atoms with Gasteiger partial charge in [0.05, 0.1) is 6.20 Å². The van der Waals surface area contributed by atoms with Gasteiger partial charge in [0, 0.05) is 35.8 Å². The molecule has 8 heteroatoms. The maximum atomic E-state index is 12.2. The van der Waals surface area contributed by atoms with Crippen LogP contribution in [0.2, 0.25) is 0 Å². The largest absolute Gasteiger partial charge is 0.314 e. The van der Waals surface area contributed by atoms with E-state index in [-0.39, 0.29) is 6.54 Å². The average Bonchev–Trinajstić information content (AvgIpc) is 2.94. The Kier molecular flexibility index (Phi) is 4.39. The van der Waals surface area contributed by atoms with Gasteiger partial charge < -0.3 is 5.32 Å². The molecule has 21 heavy (non-hydrogen) atoms. The van der Waals surface area contributed by atoms with Crippen LogP contribution in [0.5, 0.6) is 0 Å². The lowest BCUT2D eigenvalue weighted by Gasteiger charge is -2.03. The molecule has 114 valence electrons. The van der Waals surface area contributed by atoms with Crippen LogP contribution in [0, 0.1) is 0 Å². The van der Waals surface area contributed by atoms with E-state index < -0.39 is 10.0 Å². The fourth-order valence-corrected chi connectivity index (χ4v) is 4.37. The Bertz CT molecular complexity index is 675. The van der Waals surface area contributed by atoms with Crippen LogP contribution in [-0.2, 0) is 23.0 Å². The zero-order valence-corrected chi connectivity index (χ0v) is 13.1. The predicted octanol–water partition coefficient (Wildman–Crippen LogP) is 1.24. The lowest BCUT2D eigenvalue weighted by Crippen LogP contribution is -2.22. The summed E-state index contributed by atoms with van der Waals surface area (Å²) < 4.78 is 27.3. The summed E-state index contributed by atoms with van der Waals surface area (Å²) in [6.45, 7) is 1.16. The molecular weight excluding hydrogens is 308 g/mol. The van der Waals surface area contributed by atoms with E-state index in [0.29, 0.717) is 10.3 Å². The van der Waals surface area contributed by atoms with Crippen molar-refractivity contribution in [2.24, 2.45) is 0 Å². The van der Waals surface area contributed by atoms with Crippen LogP contribution in [0.25, 0.3) is 0 Å². The summed E-state index contributed by atoms with van der Waals surface area (Å²) in [7, 11) is -3.44. The summed E-state index contributed by atoms with van der Waals surface area (Å²) in [5.74, 6) is 0. The van der Waals surface area contributed by atoms with Crippen molar-refractivity contribution in [3.63, 3.8) is 0 Å². The van der Waals surface area contributed by atoms with E-state index in [1.807, 2.05) is 6.07 Å². The number of hydrogen-bond acceptors (Lipinski definition) is 5. The highest BCUT2D eigenvalue weighted by atomic mass is 32.2. The van der Waals surface area contributed by atoms with Crippen molar-refractivity contribution < 1.29 is 8.42 Å². The number of rotatable bonds is 8. The van der Waals surface area contributed by atoms with E-state index in [9.17, 15) is 8.42 Å². The van der Waals surface area contributed by atoms with E-state index in [2.05, 4.69) is 20.2 Å². The van der Waals surface area contributed by atoms with Crippen molar-refractivity contribution in [1.29, 1.82) is 0 Å². The lowest BCUT2D eigenvalue weighted by atomic mass is 10.3. The number of nitrogens with zero attached hydrogens (tertiary/aromatic N) is 1. The van der Waals surface area contributed by atoms with Gasteiger partial charge in [0.15, 0.2) is 0 Å². The first kappa shape index (κ1) is 14.7. The summed E-state index contributed by atoms with van der Waals surface area (Å²) in [5, 5.41) is 9.87. The van der Waals surface area contributed by atoms with Gasteiger partial charge in [-0.3, -0.25) is 5.10 Å². The summed E-state index contributed by atoms with van der Waals surface area (Å²) in [6, 6.07) is 4.25. The van der Waals surface area contributed by atoms with Crippen molar-refractivity contribution in [1.82, 2.24) is 20.2 Å². The van der Waals surface area contributed by atoms with Crippen molar-refractivity contribution in [2.75, 3.05) is 6.54 Å². The molecule has 0 atom stereocenters. The number of hydrogen-bond donors (Lipinski definition) is 3.